The normalized spacial score (nSPS) is 18.0. The molecule has 0 fully saturated rings. The van der Waals surface area contributed by atoms with E-state index in [1.54, 1.807) is 19.2 Å². The molecule has 0 radical (unpaired) electrons. The molecule has 1 atom stereocenters. The lowest BCUT2D eigenvalue weighted by atomic mass is 9.84. The monoisotopic (exact) mass is 350 g/mol. The maximum atomic E-state index is 12.6. The Labute approximate surface area is 151 Å². The van der Waals surface area contributed by atoms with Crippen molar-refractivity contribution in [2.45, 2.75) is 26.2 Å². The van der Waals surface area contributed by atoms with Gasteiger partial charge in [-0.3, -0.25) is 9.59 Å². The lowest BCUT2D eigenvalue weighted by Gasteiger charge is -2.27. The average Bonchev–Trinajstić information content (AvgIpc) is 2.98. The molecule has 2 aliphatic heterocycles. The first-order valence-corrected chi connectivity index (χ1v) is 8.41. The zero-order valence-corrected chi connectivity index (χ0v) is 14.8. The Morgan fingerprint density at radius 3 is 2.58 bits per heavy atom. The molecular formula is C21H18O5. The van der Waals surface area contributed by atoms with Gasteiger partial charge in [0.2, 0.25) is 5.78 Å². The van der Waals surface area contributed by atoms with Crippen molar-refractivity contribution in [1.82, 2.24) is 0 Å². The Kier molecular flexibility index (Phi) is 3.80. The van der Waals surface area contributed by atoms with E-state index < -0.39 is 0 Å². The van der Waals surface area contributed by atoms with Crippen molar-refractivity contribution in [1.29, 1.82) is 0 Å². The van der Waals surface area contributed by atoms with Gasteiger partial charge in [-0.25, -0.2) is 0 Å². The van der Waals surface area contributed by atoms with Gasteiger partial charge < -0.3 is 14.2 Å². The van der Waals surface area contributed by atoms with Crippen molar-refractivity contribution >= 4 is 11.8 Å². The zero-order valence-electron chi connectivity index (χ0n) is 14.8. The standard InChI is InChI=1S/C21H18O5/c1-11(2)20-19(23)13-8-9-16-18(21(13)26-20)14(10-17(22)25-16)12-6-4-5-7-15(12)24-3/h4-9,14H,10H2,1-3H3. The molecule has 0 bridgehead atoms. The number of fused-ring (bicyclic) bond motifs is 3. The van der Waals surface area contributed by atoms with Crippen LogP contribution in [-0.4, -0.2) is 18.9 Å². The van der Waals surface area contributed by atoms with Gasteiger partial charge in [-0.2, -0.15) is 0 Å². The number of benzene rings is 2. The smallest absolute Gasteiger partial charge is 0.312 e. The Morgan fingerprint density at radius 2 is 1.85 bits per heavy atom. The fourth-order valence-electron chi connectivity index (χ4n) is 3.54. The lowest BCUT2D eigenvalue weighted by molar-refractivity contribution is -0.135. The van der Waals surface area contributed by atoms with Crippen molar-refractivity contribution in [2.75, 3.05) is 7.11 Å². The van der Waals surface area contributed by atoms with E-state index in [-0.39, 0.29) is 24.1 Å². The first-order chi connectivity index (χ1) is 12.5. The number of hydrogen-bond acceptors (Lipinski definition) is 5. The number of hydrogen-bond donors (Lipinski definition) is 0. The minimum atomic E-state index is -0.319. The van der Waals surface area contributed by atoms with Crippen LogP contribution in [0.4, 0.5) is 0 Å². The van der Waals surface area contributed by atoms with Gasteiger partial charge >= 0.3 is 5.97 Å². The predicted octanol–water partition coefficient (Wildman–Crippen LogP) is 4.01. The molecule has 5 nitrogen and oxygen atoms in total. The highest BCUT2D eigenvalue weighted by Crippen LogP contribution is 2.50. The topological polar surface area (TPSA) is 61.8 Å². The molecule has 26 heavy (non-hydrogen) atoms. The van der Waals surface area contributed by atoms with E-state index in [0.29, 0.717) is 28.6 Å². The van der Waals surface area contributed by atoms with Crippen molar-refractivity contribution < 1.29 is 23.8 Å². The number of ether oxygens (including phenoxy) is 3. The summed E-state index contributed by atoms with van der Waals surface area (Å²) in [5, 5.41) is 0. The van der Waals surface area contributed by atoms with Crippen molar-refractivity contribution in [3.63, 3.8) is 0 Å². The minimum Gasteiger partial charge on any atom is -0.496 e. The fourth-order valence-corrected chi connectivity index (χ4v) is 3.54. The van der Waals surface area contributed by atoms with Crippen LogP contribution in [0.1, 0.15) is 47.7 Å². The molecule has 0 saturated carbocycles. The summed E-state index contributed by atoms with van der Waals surface area (Å²) < 4.78 is 16.8. The van der Waals surface area contributed by atoms with Crippen LogP contribution in [0.2, 0.25) is 0 Å². The van der Waals surface area contributed by atoms with Crippen molar-refractivity contribution in [2.24, 2.45) is 0 Å². The van der Waals surface area contributed by atoms with E-state index in [4.69, 9.17) is 14.2 Å². The Balaban J connectivity index is 1.95. The van der Waals surface area contributed by atoms with Crippen LogP contribution in [-0.2, 0) is 4.79 Å². The summed E-state index contributed by atoms with van der Waals surface area (Å²) in [5.41, 5.74) is 2.89. The number of para-hydroxylation sites is 1. The van der Waals surface area contributed by atoms with Gasteiger partial charge in [-0.15, -0.1) is 0 Å². The van der Waals surface area contributed by atoms with Crippen molar-refractivity contribution in [3.05, 3.63) is 64.4 Å². The van der Waals surface area contributed by atoms with Gasteiger partial charge in [-0.05, 0) is 37.6 Å². The lowest BCUT2D eigenvalue weighted by Crippen LogP contribution is -2.22. The molecule has 4 rings (SSSR count). The molecule has 0 amide bonds. The summed E-state index contributed by atoms with van der Waals surface area (Å²) in [4.78, 5) is 24.8. The Morgan fingerprint density at radius 1 is 1.08 bits per heavy atom. The second-order valence-corrected chi connectivity index (χ2v) is 6.59. The molecule has 0 spiro atoms. The zero-order chi connectivity index (χ0) is 18.4. The summed E-state index contributed by atoms with van der Waals surface area (Å²) in [6, 6.07) is 10.9. The van der Waals surface area contributed by atoms with Crippen LogP contribution in [0.15, 0.2) is 47.7 Å². The maximum absolute atomic E-state index is 12.6. The average molecular weight is 350 g/mol. The van der Waals surface area contributed by atoms with E-state index in [1.807, 2.05) is 38.1 Å². The van der Waals surface area contributed by atoms with E-state index in [1.165, 1.54) is 0 Å². The summed E-state index contributed by atoms with van der Waals surface area (Å²) in [6.07, 6.45) is 0.158. The molecule has 1 unspecified atom stereocenters. The van der Waals surface area contributed by atoms with Crippen LogP contribution >= 0.6 is 0 Å². The van der Waals surface area contributed by atoms with Crippen LogP contribution in [0.5, 0.6) is 17.2 Å². The molecule has 2 heterocycles. The van der Waals surface area contributed by atoms with E-state index >= 15 is 0 Å². The minimum absolute atomic E-state index is 0.140. The Hall–Kier alpha value is -3.08. The third kappa shape index (κ3) is 2.39. The summed E-state index contributed by atoms with van der Waals surface area (Å²) in [7, 11) is 1.59. The number of carbonyl (C=O) groups excluding carboxylic acids is 2. The fraction of sp³-hybridized carbons (Fsp3) is 0.238. The van der Waals surface area contributed by atoms with Crippen LogP contribution in [0.3, 0.4) is 0 Å². The molecule has 0 aromatic heterocycles. The molecule has 2 aromatic rings. The van der Waals surface area contributed by atoms with Gasteiger partial charge in [0.15, 0.2) is 5.76 Å². The van der Waals surface area contributed by atoms with Crippen LogP contribution in [0, 0.1) is 0 Å². The Bertz CT molecular complexity index is 966. The van der Waals surface area contributed by atoms with Gasteiger partial charge in [0.05, 0.1) is 19.1 Å². The van der Waals surface area contributed by atoms with Gasteiger partial charge in [-0.1, -0.05) is 18.2 Å². The molecule has 2 aliphatic rings. The number of Topliss-reactive ketones (excluding diaryl/α,β-unsaturated/α-hetero) is 1. The molecule has 2 aromatic carbocycles. The quantitative estimate of drug-likeness (QED) is 0.465. The van der Waals surface area contributed by atoms with Gasteiger partial charge in [0.1, 0.15) is 17.2 Å². The summed E-state index contributed by atoms with van der Waals surface area (Å²) in [5.74, 6) is 1.16. The number of carbonyl (C=O) groups is 2. The highest BCUT2D eigenvalue weighted by atomic mass is 16.5. The van der Waals surface area contributed by atoms with Gasteiger partial charge in [0.25, 0.3) is 0 Å². The summed E-state index contributed by atoms with van der Waals surface area (Å²) >= 11 is 0. The van der Waals surface area contributed by atoms with E-state index in [2.05, 4.69) is 0 Å². The number of rotatable bonds is 2. The third-order valence-corrected chi connectivity index (χ3v) is 4.72. The van der Waals surface area contributed by atoms with E-state index in [9.17, 15) is 9.59 Å². The first-order valence-electron chi connectivity index (χ1n) is 8.41. The molecule has 0 saturated heterocycles. The van der Waals surface area contributed by atoms with Gasteiger partial charge in [0, 0.05) is 17.0 Å². The molecular weight excluding hydrogens is 332 g/mol. The second-order valence-electron chi connectivity index (χ2n) is 6.59. The molecule has 0 aliphatic carbocycles. The predicted molar refractivity (Wildman–Crippen MR) is 94.9 cm³/mol. The van der Waals surface area contributed by atoms with Crippen LogP contribution in [0.25, 0.3) is 0 Å². The number of ketones is 1. The van der Waals surface area contributed by atoms with Crippen LogP contribution < -0.4 is 14.2 Å². The second kappa shape index (κ2) is 6.02. The van der Waals surface area contributed by atoms with E-state index in [0.717, 1.165) is 16.7 Å². The van der Waals surface area contributed by atoms with Crippen molar-refractivity contribution in [3.8, 4) is 17.2 Å². The molecule has 0 N–H and O–H groups in total. The molecule has 5 heteroatoms. The first kappa shape index (κ1) is 16.4. The highest BCUT2D eigenvalue weighted by molar-refractivity contribution is 6.13. The number of methoxy groups -OCH3 is 1. The summed E-state index contributed by atoms with van der Waals surface area (Å²) in [6.45, 7) is 3.67. The number of esters is 1. The largest absolute Gasteiger partial charge is 0.496 e. The maximum Gasteiger partial charge on any atom is 0.312 e. The SMILES string of the molecule is COc1ccccc1C1CC(=O)Oc2ccc3c(c21)OC(=C(C)C)C3=O. The molecule has 132 valence electrons. The number of allylic oxidation sites excluding steroid dienone is 2. The third-order valence-electron chi connectivity index (χ3n) is 4.72. The highest BCUT2D eigenvalue weighted by Gasteiger charge is 2.39.